The molecule has 0 radical (unpaired) electrons. The maximum Gasteiger partial charge on any atom is 0.265 e. The maximum atomic E-state index is 13.1. The number of sulfonamides is 1. The summed E-state index contributed by atoms with van der Waals surface area (Å²) in [7, 11) is -3.84. The van der Waals surface area contributed by atoms with Crippen molar-refractivity contribution in [2.75, 3.05) is 14.9 Å². The van der Waals surface area contributed by atoms with Gasteiger partial charge in [0.25, 0.3) is 10.0 Å². The van der Waals surface area contributed by atoms with E-state index in [9.17, 15) is 18.0 Å². The molecule has 8 heteroatoms. The first-order chi connectivity index (χ1) is 13.8. The zero-order valence-electron chi connectivity index (χ0n) is 15.8. The van der Waals surface area contributed by atoms with Crippen molar-refractivity contribution in [2.45, 2.75) is 24.8 Å². The highest BCUT2D eigenvalue weighted by Gasteiger charge is 2.40. The predicted octanol–water partition coefficient (Wildman–Crippen LogP) is 3.33. The summed E-state index contributed by atoms with van der Waals surface area (Å²) in [5.74, 6) is -0.700. The zero-order chi connectivity index (χ0) is 20.8. The van der Waals surface area contributed by atoms with E-state index in [1.165, 1.54) is 6.92 Å². The van der Waals surface area contributed by atoms with Gasteiger partial charge in [0, 0.05) is 23.7 Å². The molecule has 3 aromatic rings. The first-order valence-electron chi connectivity index (χ1n) is 9.04. The van der Waals surface area contributed by atoms with Gasteiger partial charge in [-0.2, -0.15) is 0 Å². The second kappa shape index (κ2) is 6.89. The molecular weight excluding hydrogens is 390 g/mol. The third-order valence-electron chi connectivity index (χ3n) is 4.80. The predicted molar refractivity (Wildman–Crippen MR) is 112 cm³/mol. The van der Waals surface area contributed by atoms with Gasteiger partial charge in [0.1, 0.15) is 6.04 Å². The summed E-state index contributed by atoms with van der Waals surface area (Å²) in [4.78, 5) is 24.3. The van der Waals surface area contributed by atoms with Gasteiger partial charge in [0.2, 0.25) is 11.8 Å². The summed E-state index contributed by atoms with van der Waals surface area (Å²) in [6.07, 6.45) is 0. The van der Waals surface area contributed by atoms with Crippen LogP contribution in [0.5, 0.6) is 0 Å². The number of nitrogens with one attached hydrogen (secondary N) is 2. The van der Waals surface area contributed by atoms with Crippen LogP contribution in [0.1, 0.15) is 13.8 Å². The van der Waals surface area contributed by atoms with Crippen LogP contribution in [-0.4, -0.2) is 26.3 Å². The fraction of sp³-hybridized carbons (Fsp3) is 0.143. The van der Waals surface area contributed by atoms with Gasteiger partial charge >= 0.3 is 0 Å². The Kier molecular flexibility index (Phi) is 4.50. The molecule has 2 amide bonds. The Morgan fingerprint density at radius 2 is 1.55 bits per heavy atom. The van der Waals surface area contributed by atoms with Crippen LogP contribution >= 0.6 is 0 Å². The van der Waals surface area contributed by atoms with Crippen LogP contribution in [0.4, 0.5) is 17.1 Å². The number of hydrogen-bond donors (Lipinski definition) is 2. The van der Waals surface area contributed by atoms with Gasteiger partial charge in [-0.25, -0.2) is 8.42 Å². The average Bonchev–Trinajstić information content (AvgIpc) is 2.90. The second-order valence-electron chi connectivity index (χ2n) is 6.86. The lowest BCUT2D eigenvalue weighted by atomic mass is 10.1. The smallest absolute Gasteiger partial charge is 0.265 e. The number of carbonyl (C=O) groups excluding carboxylic acids is 2. The van der Waals surface area contributed by atoms with E-state index in [1.54, 1.807) is 55.5 Å². The average molecular weight is 409 g/mol. The van der Waals surface area contributed by atoms with Crippen LogP contribution in [0.15, 0.2) is 65.6 Å². The fourth-order valence-corrected chi connectivity index (χ4v) is 5.44. The van der Waals surface area contributed by atoms with Crippen LogP contribution < -0.4 is 14.9 Å². The monoisotopic (exact) mass is 409 g/mol. The lowest BCUT2D eigenvalue weighted by Gasteiger charge is -2.25. The molecule has 0 spiro atoms. The molecule has 0 saturated carbocycles. The van der Waals surface area contributed by atoms with E-state index < -0.39 is 22.0 Å². The Morgan fingerprint density at radius 1 is 0.931 bits per heavy atom. The molecular formula is C21H19N3O4S. The molecule has 0 fully saturated rings. The SMILES string of the molecule is CC(=O)Nc1cccc(NC(=O)[C@@H](C)N2c3cccc4cccc(c34)S2(=O)=O)c1. The first kappa shape index (κ1) is 18.9. The van der Waals surface area contributed by atoms with Gasteiger partial charge in [-0.3, -0.25) is 13.9 Å². The molecule has 0 saturated heterocycles. The molecule has 29 heavy (non-hydrogen) atoms. The number of rotatable bonds is 4. The van der Waals surface area contributed by atoms with Crippen molar-refractivity contribution in [1.82, 2.24) is 0 Å². The molecule has 1 aliphatic rings. The van der Waals surface area contributed by atoms with Crippen molar-refractivity contribution in [2.24, 2.45) is 0 Å². The van der Waals surface area contributed by atoms with Crippen molar-refractivity contribution in [3.8, 4) is 0 Å². The van der Waals surface area contributed by atoms with Gasteiger partial charge in [0.15, 0.2) is 0 Å². The minimum Gasteiger partial charge on any atom is -0.326 e. The molecule has 0 aromatic heterocycles. The number of amides is 2. The van der Waals surface area contributed by atoms with Crippen LogP contribution in [0, 0.1) is 0 Å². The fourth-order valence-electron chi connectivity index (χ4n) is 3.57. The van der Waals surface area contributed by atoms with E-state index in [0.29, 0.717) is 22.4 Å². The minimum atomic E-state index is -3.84. The van der Waals surface area contributed by atoms with Gasteiger partial charge < -0.3 is 10.6 Å². The molecule has 1 atom stereocenters. The minimum absolute atomic E-state index is 0.206. The van der Waals surface area contributed by atoms with Crippen LogP contribution in [0.2, 0.25) is 0 Å². The number of hydrogen-bond acceptors (Lipinski definition) is 4. The molecule has 2 N–H and O–H groups in total. The summed E-state index contributed by atoms with van der Waals surface area (Å²) in [6.45, 7) is 2.94. The molecule has 4 rings (SSSR count). The molecule has 0 bridgehead atoms. The van der Waals surface area contributed by atoms with Crippen molar-refractivity contribution in [1.29, 1.82) is 0 Å². The first-order valence-corrected chi connectivity index (χ1v) is 10.5. The molecule has 3 aromatic carbocycles. The number of anilines is 3. The van der Waals surface area contributed by atoms with Gasteiger partial charge in [-0.05, 0) is 42.6 Å². The van der Waals surface area contributed by atoms with E-state index in [-0.39, 0.29) is 10.8 Å². The Morgan fingerprint density at radius 3 is 2.24 bits per heavy atom. The van der Waals surface area contributed by atoms with Crippen LogP contribution in [-0.2, 0) is 19.6 Å². The third kappa shape index (κ3) is 3.21. The highest BCUT2D eigenvalue weighted by Crippen LogP contribution is 2.43. The van der Waals surface area contributed by atoms with Gasteiger partial charge in [0.05, 0.1) is 10.6 Å². The molecule has 7 nitrogen and oxygen atoms in total. The molecule has 1 heterocycles. The molecule has 0 unspecified atom stereocenters. The third-order valence-corrected chi connectivity index (χ3v) is 6.73. The van der Waals surface area contributed by atoms with E-state index in [1.807, 2.05) is 12.1 Å². The lowest BCUT2D eigenvalue weighted by Crippen LogP contribution is -2.44. The standard InChI is InChI=1S/C21H19N3O4S/c1-13(21(26)23-17-9-5-8-16(12-17)22-14(2)25)24-18-10-3-6-15-7-4-11-19(20(15)18)29(24,27)28/h3-13H,1-2H3,(H,22,25)(H,23,26)/t13-/m1/s1. The Hall–Kier alpha value is -3.39. The van der Waals surface area contributed by atoms with E-state index >= 15 is 0 Å². The molecule has 148 valence electrons. The Bertz CT molecular complexity index is 1250. The largest absolute Gasteiger partial charge is 0.326 e. The normalized spacial score (nSPS) is 15.2. The van der Waals surface area contributed by atoms with E-state index in [2.05, 4.69) is 10.6 Å². The van der Waals surface area contributed by atoms with Gasteiger partial charge in [-0.15, -0.1) is 0 Å². The van der Waals surface area contributed by atoms with Crippen molar-refractivity contribution < 1.29 is 18.0 Å². The highest BCUT2D eigenvalue weighted by atomic mass is 32.2. The maximum absolute atomic E-state index is 13.1. The topological polar surface area (TPSA) is 95.6 Å². The highest BCUT2D eigenvalue weighted by molar-refractivity contribution is 7.93. The van der Waals surface area contributed by atoms with Gasteiger partial charge in [-0.1, -0.05) is 30.3 Å². The summed E-state index contributed by atoms with van der Waals surface area (Å²) >= 11 is 0. The van der Waals surface area contributed by atoms with Crippen LogP contribution in [0.25, 0.3) is 10.8 Å². The van der Waals surface area contributed by atoms with E-state index in [4.69, 9.17) is 0 Å². The summed E-state index contributed by atoms with van der Waals surface area (Å²) in [5.41, 5.74) is 1.49. The van der Waals surface area contributed by atoms with Crippen molar-refractivity contribution >= 4 is 49.7 Å². The zero-order valence-corrected chi connectivity index (χ0v) is 16.7. The number of carbonyl (C=O) groups is 2. The Labute approximate surface area is 168 Å². The molecule has 0 aliphatic carbocycles. The molecule has 1 aliphatic heterocycles. The summed E-state index contributed by atoms with van der Waals surface area (Å²) in [6, 6.07) is 16.1. The number of benzene rings is 3. The number of nitrogens with zero attached hydrogens (tertiary/aromatic N) is 1. The summed E-state index contributed by atoms with van der Waals surface area (Å²) in [5, 5.41) is 6.81. The van der Waals surface area contributed by atoms with Crippen molar-refractivity contribution in [3.63, 3.8) is 0 Å². The quantitative estimate of drug-likeness (QED) is 0.691. The van der Waals surface area contributed by atoms with Crippen molar-refractivity contribution in [3.05, 3.63) is 60.7 Å². The lowest BCUT2D eigenvalue weighted by molar-refractivity contribution is -0.117. The summed E-state index contributed by atoms with van der Waals surface area (Å²) < 4.78 is 27.4. The van der Waals surface area contributed by atoms with E-state index in [0.717, 1.165) is 9.69 Å². The Balaban J connectivity index is 1.65. The second-order valence-corrected chi connectivity index (χ2v) is 8.64. The van der Waals surface area contributed by atoms with Crippen LogP contribution in [0.3, 0.4) is 0 Å².